The number of halogens is 2. The van der Waals surface area contributed by atoms with Crippen molar-refractivity contribution in [2.75, 3.05) is 5.32 Å². The minimum Gasteiger partial charge on any atom is -0.479 e. The number of nitrogens with zero attached hydrogens (tertiary/aromatic N) is 1. The highest BCUT2D eigenvalue weighted by molar-refractivity contribution is 7.80. The fraction of sp³-hybridized carbons (Fsp3) is 0.125. The number of amides is 1. The third-order valence-corrected chi connectivity index (χ3v) is 6.54. The molecule has 168 valence electrons. The Morgan fingerprint density at radius 1 is 1.09 bits per heavy atom. The van der Waals surface area contributed by atoms with Gasteiger partial charge in [-0.3, -0.25) is 10.1 Å². The number of fused-ring (bicyclic) bond motifs is 1. The second-order valence-electron chi connectivity index (χ2n) is 7.35. The van der Waals surface area contributed by atoms with Crippen LogP contribution in [0.25, 0.3) is 20.8 Å². The van der Waals surface area contributed by atoms with E-state index in [1.165, 1.54) is 5.56 Å². The summed E-state index contributed by atoms with van der Waals surface area (Å²) in [6, 6.07) is 18.7. The van der Waals surface area contributed by atoms with Crippen molar-refractivity contribution in [3.63, 3.8) is 0 Å². The number of thiazole rings is 1. The summed E-state index contributed by atoms with van der Waals surface area (Å²) in [5, 5.41) is 7.56. The third kappa shape index (κ3) is 5.81. The predicted molar refractivity (Wildman–Crippen MR) is 141 cm³/mol. The molecule has 1 amide bonds. The van der Waals surface area contributed by atoms with Crippen LogP contribution >= 0.6 is 46.8 Å². The van der Waals surface area contributed by atoms with E-state index in [0.29, 0.717) is 15.8 Å². The molecule has 5 nitrogen and oxygen atoms in total. The highest BCUT2D eigenvalue weighted by atomic mass is 35.5. The monoisotopic (exact) mass is 515 g/mol. The number of hydrogen-bond acceptors (Lipinski definition) is 5. The number of thiocarbonyl (C=S) groups is 1. The van der Waals surface area contributed by atoms with Crippen molar-refractivity contribution in [3.05, 3.63) is 76.3 Å². The van der Waals surface area contributed by atoms with Gasteiger partial charge in [-0.2, -0.15) is 0 Å². The van der Waals surface area contributed by atoms with Gasteiger partial charge in [-0.15, -0.1) is 11.3 Å². The molecule has 0 bridgehead atoms. The number of hydrogen-bond donors (Lipinski definition) is 2. The van der Waals surface area contributed by atoms with E-state index in [0.717, 1.165) is 26.5 Å². The molecule has 0 aliphatic carbocycles. The first-order valence-electron chi connectivity index (χ1n) is 9.99. The number of nitrogens with one attached hydrogen (secondary N) is 2. The van der Waals surface area contributed by atoms with E-state index in [4.69, 9.17) is 45.1 Å². The van der Waals surface area contributed by atoms with Crippen LogP contribution in [0, 0.1) is 6.92 Å². The van der Waals surface area contributed by atoms with E-state index in [-0.39, 0.29) is 5.11 Å². The molecule has 9 heteroatoms. The Morgan fingerprint density at radius 2 is 1.85 bits per heavy atom. The maximum atomic E-state index is 12.4. The molecule has 0 saturated carbocycles. The Balaban J connectivity index is 1.35. The first-order valence-corrected chi connectivity index (χ1v) is 12.0. The molecule has 3 aromatic carbocycles. The lowest BCUT2D eigenvalue weighted by Crippen LogP contribution is -2.42. The second-order valence-corrected chi connectivity index (χ2v) is 9.63. The molecule has 1 heterocycles. The third-order valence-electron chi connectivity index (χ3n) is 4.74. The molecule has 33 heavy (non-hydrogen) atoms. The van der Waals surface area contributed by atoms with Crippen LogP contribution in [0.4, 0.5) is 5.69 Å². The summed E-state index contributed by atoms with van der Waals surface area (Å²) in [6.45, 7) is 3.68. The largest absolute Gasteiger partial charge is 0.479 e. The molecule has 1 aromatic heterocycles. The fourth-order valence-corrected chi connectivity index (χ4v) is 4.78. The molecule has 0 fully saturated rings. The van der Waals surface area contributed by atoms with Crippen LogP contribution in [0.2, 0.25) is 10.0 Å². The number of rotatable bonds is 5. The van der Waals surface area contributed by atoms with Crippen LogP contribution in [-0.2, 0) is 4.79 Å². The van der Waals surface area contributed by atoms with Crippen molar-refractivity contribution in [3.8, 4) is 16.3 Å². The van der Waals surface area contributed by atoms with Crippen LogP contribution in [0.15, 0.2) is 60.7 Å². The Bertz CT molecular complexity index is 1340. The van der Waals surface area contributed by atoms with Crippen molar-refractivity contribution in [1.29, 1.82) is 0 Å². The van der Waals surface area contributed by atoms with Crippen LogP contribution in [0.1, 0.15) is 12.5 Å². The van der Waals surface area contributed by atoms with Crippen molar-refractivity contribution < 1.29 is 9.53 Å². The number of aromatic nitrogens is 1. The zero-order valence-electron chi connectivity index (χ0n) is 17.7. The summed E-state index contributed by atoms with van der Waals surface area (Å²) in [6.07, 6.45) is -0.812. The lowest BCUT2D eigenvalue weighted by atomic mass is 10.2. The van der Waals surface area contributed by atoms with E-state index in [1.54, 1.807) is 36.5 Å². The van der Waals surface area contributed by atoms with E-state index in [9.17, 15) is 4.79 Å². The summed E-state index contributed by atoms with van der Waals surface area (Å²) in [5.74, 6) is -0.0388. The van der Waals surface area contributed by atoms with Crippen molar-refractivity contribution in [1.82, 2.24) is 10.3 Å². The molecule has 0 aliphatic rings. The lowest BCUT2D eigenvalue weighted by molar-refractivity contribution is -0.125. The number of ether oxygens (including phenoxy) is 1. The summed E-state index contributed by atoms with van der Waals surface area (Å²) in [5.41, 5.74) is 3.96. The van der Waals surface area contributed by atoms with Crippen LogP contribution in [0.3, 0.4) is 0 Å². The molecule has 1 unspecified atom stereocenters. The smallest absolute Gasteiger partial charge is 0.266 e. The van der Waals surface area contributed by atoms with Gasteiger partial charge < -0.3 is 10.1 Å². The second kappa shape index (κ2) is 10.1. The normalized spacial score (nSPS) is 11.8. The van der Waals surface area contributed by atoms with Gasteiger partial charge in [-0.25, -0.2) is 4.98 Å². The molecule has 0 saturated heterocycles. The molecular weight excluding hydrogens is 497 g/mol. The lowest BCUT2D eigenvalue weighted by Gasteiger charge is -2.16. The number of anilines is 1. The van der Waals surface area contributed by atoms with Crippen LogP contribution < -0.4 is 15.4 Å². The van der Waals surface area contributed by atoms with Gasteiger partial charge in [-0.1, -0.05) is 29.3 Å². The maximum absolute atomic E-state index is 12.4. The quantitative estimate of drug-likeness (QED) is 0.284. The number of carbonyl (C=O) groups excluding carboxylic acids is 1. The van der Waals surface area contributed by atoms with Gasteiger partial charge in [0.1, 0.15) is 10.8 Å². The fourth-order valence-electron chi connectivity index (χ4n) is 3.04. The molecule has 2 N–H and O–H groups in total. The zero-order valence-corrected chi connectivity index (χ0v) is 20.8. The van der Waals surface area contributed by atoms with Gasteiger partial charge >= 0.3 is 0 Å². The Hall–Kier alpha value is -2.71. The number of carbonyl (C=O) groups is 1. The molecule has 0 aliphatic heterocycles. The first-order chi connectivity index (χ1) is 15.8. The SMILES string of the molecule is Cc1ccc2nc(-c3ccc(NC(=S)NC(=O)C(C)Oc4ccc(Cl)cc4Cl)cc3)sc2c1. The molecule has 4 aromatic rings. The van der Waals surface area contributed by atoms with E-state index in [2.05, 4.69) is 29.7 Å². The minimum absolute atomic E-state index is 0.167. The van der Waals surface area contributed by atoms with Gasteiger partial charge in [0.15, 0.2) is 11.2 Å². The Labute approximate surface area is 210 Å². The maximum Gasteiger partial charge on any atom is 0.266 e. The van der Waals surface area contributed by atoms with Crippen molar-refractivity contribution in [2.24, 2.45) is 0 Å². The summed E-state index contributed by atoms with van der Waals surface area (Å²) in [4.78, 5) is 17.1. The van der Waals surface area contributed by atoms with Gasteiger partial charge in [0.05, 0.1) is 15.2 Å². The number of aryl methyl sites for hydroxylation is 1. The number of benzene rings is 3. The topological polar surface area (TPSA) is 63.2 Å². The zero-order chi connectivity index (χ0) is 23.5. The van der Waals surface area contributed by atoms with Crippen LogP contribution in [0.5, 0.6) is 5.75 Å². The highest BCUT2D eigenvalue weighted by Gasteiger charge is 2.17. The minimum atomic E-state index is -0.812. The summed E-state index contributed by atoms with van der Waals surface area (Å²) >= 11 is 18.9. The molecule has 1 atom stereocenters. The first kappa shape index (κ1) is 23.4. The van der Waals surface area contributed by atoms with Crippen LogP contribution in [-0.4, -0.2) is 22.1 Å². The Morgan fingerprint density at radius 3 is 2.58 bits per heavy atom. The molecule has 0 radical (unpaired) electrons. The van der Waals surface area contributed by atoms with E-state index < -0.39 is 12.0 Å². The average molecular weight is 516 g/mol. The predicted octanol–water partition coefficient (Wildman–Crippen LogP) is 6.86. The van der Waals surface area contributed by atoms with E-state index in [1.807, 2.05) is 30.3 Å². The highest BCUT2D eigenvalue weighted by Crippen LogP contribution is 2.31. The van der Waals surface area contributed by atoms with Gasteiger partial charge in [0, 0.05) is 16.3 Å². The molecule has 0 spiro atoms. The standard InChI is InChI=1S/C24H19Cl2N3O2S2/c1-13-3-9-19-21(11-13)33-23(28-19)15-4-7-17(8-5-15)27-24(32)29-22(30)14(2)31-20-10-6-16(25)12-18(20)26/h3-12,14H,1-2H3,(H2,27,29,30,32). The average Bonchev–Trinajstić information content (AvgIpc) is 3.19. The van der Waals surface area contributed by atoms with Crippen molar-refractivity contribution >= 4 is 73.7 Å². The van der Waals surface area contributed by atoms with E-state index >= 15 is 0 Å². The molecular formula is C24H19Cl2N3O2S2. The summed E-state index contributed by atoms with van der Waals surface area (Å²) < 4.78 is 6.77. The summed E-state index contributed by atoms with van der Waals surface area (Å²) in [7, 11) is 0. The van der Waals surface area contributed by atoms with Crippen molar-refractivity contribution in [2.45, 2.75) is 20.0 Å². The molecule has 4 rings (SSSR count). The van der Waals surface area contributed by atoms with Gasteiger partial charge in [0.2, 0.25) is 0 Å². The van der Waals surface area contributed by atoms with Gasteiger partial charge in [0.25, 0.3) is 5.91 Å². The Kier molecular flexibility index (Phi) is 7.14. The van der Waals surface area contributed by atoms with Gasteiger partial charge in [-0.05, 0) is 86.2 Å².